The third kappa shape index (κ3) is 3.38. The molecule has 0 aliphatic carbocycles. The van der Waals surface area contributed by atoms with E-state index in [9.17, 15) is 9.18 Å². The minimum absolute atomic E-state index is 0.206. The van der Waals surface area contributed by atoms with Crippen molar-refractivity contribution in [3.63, 3.8) is 0 Å². The molecule has 0 atom stereocenters. The smallest absolute Gasteiger partial charge is 0.273 e. The summed E-state index contributed by atoms with van der Waals surface area (Å²) in [4.78, 5) is 15.7. The highest BCUT2D eigenvalue weighted by Crippen LogP contribution is 2.11. The first-order valence-corrected chi connectivity index (χ1v) is 6.52. The second-order valence-corrected chi connectivity index (χ2v) is 4.89. The van der Waals surface area contributed by atoms with E-state index in [0.29, 0.717) is 11.1 Å². The van der Waals surface area contributed by atoms with Gasteiger partial charge in [-0.3, -0.25) is 4.79 Å². The molecule has 0 fully saturated rings. The van der Waals surface area contributed by atoms with Crippen LogP contribution < -0.4 is 5.32 Å². The summed E-state index contributed by atoms with van der Waals surface area (Å²) >= 11 is 3.11. The first kappa shape index (κ1) is 13.7. The van der Waals surface area contributed by atoms with E-state index in [1.165, 1.54) is 12.1 Å². The maximum Gasteiger partial charge on any atom is 0.273 e. The Hall–Kier alpha value is -1.75. The van der Waals surface area contributed by atoms with Gasteiger partial charge in [0.25, 0.3) is 5.91 Å². The topological polar surface area (TPSA) is 42.0 Å². The number of halogens is 2. The van der Waals surface area contributed by atoms with Crippen molar-refractivity contribution in [2.75, 3.05) is 0 Å². The molecule has 0 saturated heterocycles. The lowest BCUT2D eigenvalue weighted by molar-refractivity contribution is 0.0941. The molecular formula is C14H12BrFN2O. The molecule has 2 aromatic rings. The predicted molar refractivity (Wildman–Crippen MR) is 74.2 cm³/mol. The van der Waals surface area contributed by atoms with Crippen LogP contribution in [0.2, 0.25) is 0 Å². The molecule has 98 valence electrons. The van der Waals surface area contributed by atoms with Crippen LogP contribution >= 0.6 is 15.9 Å². The van der Waals surface area contributed by atoms with Crippen LogP contribution in [0.4, 0.5) is 4.39 Å². The molecule has 1 aromatic heterocycles. The molecule has 0 aliphatic rings. The summed E-state index contributed by atoms with van der Waals surface area (Å²) in [5, 5.41) is 2.66. The van der Waals surface area contributed by atoms with Crippen molar-refractivity contribution in [2.24, 2.45) is 0 Å². The molecule has 1 N–H and O–H groups in total. The number of carbonyl (C=O) groups is 1. The lowest BCUT2D eigenvalue weighted by Gasteiger charge is -2.08. The van der Waals surface area contributed by atoms with Gasteiger partial charge in [0.15, 0.2) is 11.5 Å². The summed E-state index contributed by atoms with van der Waals surface area (Å²) in [5.74, 6) is -1.16. The zero-order valence-electron chi connectivity index (χ0n) is 10.3. The molecule has 0 radical (unpaired) electrons. The fraction of sp³-hybridized carbons (Fsp3) is 0.143. The number of carbonyl (C=O) groups excluding carboxylic acids is 1. The minimum atomic E-state index is -0.634. The Bertz CT molecular complexity index is 616. The summed E-state index contributed by atoms with van der Waals surface area (Å²) in [6.07, 6.45) is 0. The Balaban J connectivity index is 2.10. The molecule has 2 rings (SSSR count). The van der Waals surface area contributed by atoms with Crippen molar-refractivity contribution < 1.29 is 9.18 Å². The molecular weight excluding hydrogens is 311 g/mol. The number of pyridine rings is 1. The van der Waals surface area contributed by atoms with Gasteiger partial charge in [0.05, 0.1) is 0 Å². The van der Waals surface area contributed by atoms with Gasteiger partial charge < -0.3 is 5.32 Å². The van der Waals surface area contributed by atoms with Crippen LogP contribution in [-0.2, 0) is 6.54 Å². The third-order valence-corrected chi connectivity index (χ3v) is 3.17. The number of aromatic nitrogens is 1. The van der Waals surface area contributed by atoms with E-state index in [4.69, 9.17) is 0 Å². The van der Waals surface area contributed by atoms with Crippen LogP contribution in [0.3, 0.4) is 0 Å². The lowest BCUT2D eigenvalue weighted by Crippen LogP contribution is -2.25. The number of hydrogen-bond acceptors (Lipinski definition) is 2. The number of amides is 1. The fourth-order valence-corrected chi connectivity index (χ4v) is 1.95. The van der Waals surface area contributed by atoms with Gasteiger partial charge in [-0.15, -0.1) is 0 Å². The number of nitrogens with one attached hydrogen (secondary N) is 1. The van der Waals surface area contributed by atoms with Crippen LogP contribution in [0.15, 0.2) is 41.0 Å². The number of aryl methyl sites for hydroxylation is 1. The number of nitrogens with zero attached hydrogens (tertiary/aromatic N) is 1. The zero-order chi connectivity index (χ0) is 13.8. The molecule has 0 unspecified atom stereocenters. The number of rotatable bonds is 3. The molecule has 5 heteroatoms. The van der Waals surface area contributed by atoms with Gasteiger partial charge in [0.1, 0.15) is 4.60 Å². The largest absolute Gasteiger partial charge is 0.347 e. The molecule has 1 amide bonds. The van der Waals surface area contributed by atoms with Gasteiger partial charge in [-0.05, 0) is 46.1 Å². The minimum Gasteiger partial charge on any atom is -0.347 e. The SMILES string of the molecule is Cc1ccccc1CNC(=O)c1nc(Br)ccc1F. The van der Waals surface area contributed by atoms with Crippen molar-refractivity contribution in [3.05, 3.63) is 63.6 Å². The second kappa shape index (κ2) is 5.93. The van der Waals surface area contributed by atoms with E-state index in [1.807, 2.05) is 31.2 Å². The van der Waals surface area contributed by atoms with E-state index >= 15 is 0 Å². The average Bonchev–Trinajstić information content (AvgIpc) is 2.40. The Morgan fingerprint density at radius 3 is 2.79 bits per heavy atom. The summed E-state index contributed by atoms with van der Waals surface area (Å²) in [6.45, 7) is 2.30. The van der Waals surface area contributed by atoms with Crippen molar-refractivity contribution >= 4 is 21.8 Å². The lowest BCUT2D eigenvalue weighted by atomic mass is 10.1. The highest BCUT2D eigenvalue weighted by molar-refractivity contribution is 9.10. The van der Waals surface area contributed by atoms with Gasteiger partial charge in [-0.2, -0.15) is 0 Å². The fourth-order valence-electron chi connectivity index (χ4n) is 1.65. The third-order valence-electron chi connectivity index (χ3n) is 2.73. The molecule has 0 saturated carbocycles. The quantitative estimate of drug-likeness (QED) is 0.881. The standard InChI is InChI=1S/C14H12BrFN2O/c1-9-4-2-3-5-10(9)8-17-14(19)13-11(16)6-7-12(15)18-13/h2-7H,8H2,1H3,(H,17,19). The summed E-state index contributed by atoms with van der Waals surface area (Å²) in [7, 11) is 0. The highest BCUT2D eigenvalue weighted by Gasteiger charge is 2.13. The average molecular weight is 323 g/mol. The molecule has 0 spiro atoms. The van der Waals surface area contributed by atoms with Crippen LogP contribution in [-0.4, -0.2) is 10.9 Å². The monoisotopic (exact) mass is 322 g/mol. The number of benzene rings is 1. The van der Waals surface area contributed by atoms with E-state index in [2.05, 4.69) is 26.2 Å². The van der Waals surface area contributed by atoms with E-state index < -0.39 is 11.7 Å². The van der Waals surface area contributed by atoms with Gasteiger partial charge in [-0.25, -0.2) is 9.37 Å². The first-order valence-electron chi connectivity index (χ1n) is 5.72. The number of hydrogen-bond donors (Lipinski definition) is 1. The molecule has 0 aliphatic heterocycles. The van der Waals surface area contributed by atoms with Crippen LogP contribution in [0.5, 0.6) is 0 Å². The second-order valence-electron chi connectivity index (χ2n) is 4.07. The van der Waals surface area contributed by atoms with Crippen molar-refractivity contribution in [1.82, 2.24) is 10.3 Å². The normalized spacial score (nSPS) is 10.3. The van der Waals surface area contributed by atoms with Gasteiger partial charge >= 0.3 is 0 Å². The highest BCUT2D eigenvalue weighted by atomic mass is 79.9. The zero-order valence-corrected chi connectivity index (χ0v) is 11.9. The van der Waals surface area contributed by atoms with E-state index in [1.54, 1.807) is 0 Å². The maximum absolute atomic E-state index is 13.5. The summed E-state index contributed by atoms with van der Waals surface area (Å²) in [6, 6.07) is 10.4. The molecule has 0 bridgehead atoms. The van der Waals surface area contributed by atoms with Crippen molar-refractivity contribution in [2.45, 2.75) is 13.5 Å². The summed E-state index contributed by atoms with van der Waals surface area (Å²) < 4.78 is 13.9. The van der Waals surface area contributed by atoms with E-state index in [0.717, 1.165) is 11.1 Å². The van der Waals surface area contributed by atoms with Crippen molar-refractivity contribution in [1.29, 1.82) is 0 Å². The summed E-state index contributed by atoms with van der Waals surface area (Å²) in [5.41, 5.74) is 1.86. The van der Waals surface area contributed by atoms with Crippen LogP contribution in [0.25, 0.3) is 0 Å². The molecule has 19 heavy (non-hydrogen) atoms. The van der Waals surface area contributed by atoms with Gasteiger partial charge in [0, 0.05) is 6.54 Å². The van der Waals surface area contributed by atoms with Crippen LogP contribution in [0, 0.1) is 12.7 Å². The Morgan fingerprint density at radius 2 is 2.05 bits per heavy atom. The molecule has 1 aromatic carbocycles. The Morgan fingerprint density at radius 1 is 1.32 bits per heavy atom. The van der Waals surface area contributed by atoms with Crippen molar-refractivity contribution in [3.8, 4) is 0 Å². The molecule has 1 heterocycles. The Labute approximate surface area is 119 Å². The maximum atomic E-state index is 13.5. The molecule has 3 nitrogen and oxygen atoms in total. The van der Waals surface area contributed by atoms with E-state index in [-0.39, 0.29) is 5.69 Å². The van der Waals surface area contributed by atoms with Gasteiger partial charge in [-0.1, -0.05) is 24.3 Å². The predicted octanol–water partition coefficient (Wildman–Crippen LogP) is 3.22. The Kier molecular flexibility index (Phi) is 4.27. The van der Waals surface area contributed by atoms with Crippen LogP contribution in [0.1, 0.15) is 21.6 Å². The first-order chi connectivity index (χ1) is 9.08. The van der Waals surface area contributed by atoms with Gasteiger partial charge in [0.2, 0.25) is 0 Å².